The molecule has 3 heterocycles. The number of fused-ring (bicyclic) bond motifs is 1. The first-order chi connectivity index (χ1) is 13.0. The molecule has 2 aliphatic rings. The van der Waals surface area contributed by atoms with Crippen molar-refractivity contribution in [2.24, 2.45) is 5.92 Å². The van der Waals surface area contributed by atoms with Gasteiger partial charge < -0.3 is 25.0 Å². The fourth-order valence-electron chi connectivity index (χ4n) is 3.16. The number of carbonyl (C=O) groups is 3. The summed E-state index contributed by atoms with van der Waals surface area (Å²) in [6, 6.07) is 0. The van der Waals surface area contributed by atoms with Gasteiger partial charge >= 0.3 is 0 Å². The zero-order valence-corrected chi connectivity index (χ0v) is 15.7. The van der Waals surface area contributed by atoms with Gasteiger partial charge in [0.05, 0.1) is 24.8 Å². The van der Waals surface area contributed by atoms with Crippen LogP contribution in [0.5, 0.6) is 0 Å². The van der Waals surface area contributed by atoms with E-state index >= 15 is 0 Å². The lowest BCUT2D eigenvalue weighted by molar-refractivity contribution is -0.136. The zero-order chi connectivity index (χ0) is 19.8. The van der Waals surface area contributed by atoms with Crippen LogP contribution in [0.1, 0.15) is 28.2 Å². The molecule has 10 nitrogen and oxygen atoms in total. The number of ether oxygens (including phenoxy) is 1. The highest BCUT2D eigenvalue weighted by molar-refractivity contribution is 5.94. The summed E-state index contributed by atoms with van der Waals surface area (Å²) in [6.45, 7) is 3.41. The Morgan fingerprint density at radius 2 is 2.22 bits per heavy atom. The molecule has 0 radical (unpaired) electrons. The summed E-state index contributed by atoms with van der Waals surface area (Å²) >= 11 is 0. The molecule has 0 bridgehead atoms. The third kappa shape index (κ3) is 5.51. The van der Waals surface area contributed by atoms with E-state index in [-0.39, 0.29) is 24.2 Å². The Labute approximate surface area is 157 Å². The molecule has 1 aromatic heterocycles. The summed E-state index contributed by atoms with van der Waals surface area (Å²) in [5, 5.41) is 16.9. The average molecular weight is 381 g/mol. The lowest BCUT2D eigenvalue weighted by Gasteiger charge is -2.28. The minimum atomic E-state index is -0.250. The number of carbonyl (C=O) groups excluding carboxylic acids is 2. The number of carboxylic acid groups (broad SMARTS) is 1. The number of H-pyrrole nitrogens is 1. The smallest absolute Gasteiger partial charge is 0.290 e. The normalized spacial score (nSPS) is 18.5. The van der Waals surface area contributed by atoms with Crippen molar-refractivity contribution >= 4 is 18.3 Å². The van der Waals surface area contributed by atoms with Crippen molar-refractivity contribution in [2.45, 2.75) is 19.4 Å². The van der Waals surface area contributed by atoms with Crippen LogP contribution in [0.3, 0.4) is 0 Å². The predicted molar refractivity (Wildman–Crippen MR) is 96.2 cm³/mol. The average Bonchev–Trinajstić information content (AvgIpc) is 3.30. The lowest BCUT2D eigenvalue weighted by atomic mass is 10.0. The number of amides is 2. The van der Waals surface area contributed by atoms with Gasteiger partial charge in [0.15, 0.2) is 5.69 Å². The van der Waals surface area contributed by atoms with Gasteiger partial charge in [-0.1, -0.05) is 0 Å². The summed E-state index contributed by atoms with van der Waals surface area (Å²) < 4.78 is 5.30. The van der Waals surface area contributed by atoms with Gasteiger partial charge in [-0.3, -0.25) is 19.5 Å². The van der Waals surface area contributed by atoms with E-state index in [2.05, 4.69) is 15.5 Å². The first-order valence-electron chi connectivity index (χ1n) is 8.91. The van der Waals surface area contributed by atoms with Crippen molar-refractivity contribution in [3.05, 3.63) is 17.0 Å². The molecule has 1 aromatic rings. The molecule has 0 aromatic carbocycles. The highest BCUT2D eigenvalue weighted by Crippen LogP contribution is 2.23. The Balaban J connectivity index is 0.000000817. The highest BCUT2D eigenvalue weighted by atomic mass is 16.5. The van der Waals surface area contributed by atoms with Crippen molar-refractivity contribution in [2.75, 3.05) is 46.9 Å². The molecule has 2 amide bonds. The van der Waals surface area contributed by atoms with Crippen LogP contribution in [0.15, 0.2) is 0 Å². The molecule has 3 rings (SSSR count). The van der Waals surface area contributed by atoms with Crippen molar-refractivity contribution in [3.63, 3.8) is 0 Å². The van der Waals surface area contributed by atoms with E-state index in [0.29, 0.717) is 45.0 Å². The minimum Gasteiger partial charge on any atom is -0.483 e. The van der Waals surface area contributed by atoms with E-state index in [9.17, 15) is 9.59 Å². The first-order valence-corrected chi connectivity index (χ1v) is 8.91. The van der Waals surface area contributed by atoms with E-state index < -0.39 is 0 Å². The number of nitrogens with one attached hydrogen (secondary N) is 2. The monoisotopic (exact) mass is 381 g/mol. The maximum Gasteiger partial charge on any atom is 0.290 e. The Bertz CT molecular complexity index is 654. The summed E-state index contributed by atoms with van der Waals surface area (Å²) in [6.07, 6.45) is 1.45. The third-order valence-corrected chi connectivity index (χ3v) is 4.58. The topological polar surface area (TPSA) is 128 Å². The molecule has 10 heteroatoms. The van der Waals surface area contributed by atoms with Crippen LogP contribution in [0.4, 0.5) is 0 Å². The number of aromatic amines is 1. The quantitative estimate of drug-likeness (QED) is 0.577. The maximum atomic E-state index is 12.5. The fraction of sp³-hybridized carbons (Fsp3) is 0.647. The third-order valence-electron chi connectivity index (χ3n) is 4.58. The number of likely N-dealkylation sites (N-methyl/N-ethyl adjacent to an activating group) is 1. The van der Waals surface area contributed by atoms with Crippen LogP contribution in [0, 0.1) is 5.92 Å². The molecule has 0 saturated carbocycles. The molecule has 1 atom stereocenters. The van der Waals surface area contributed by atoms with E-state index in [1.165, 1.54) is 0 Å². The molecular weight excluding hydrogens is 354 g/mol. The highest BCUT2D eigenvalue weighted by Gasteiger charge is 2.32. The molecule has 2 aliphatic heterocycles. The van der Waals surface area contributed by atoms with Crippen LogP contribution in [-0.4, -0.2) is 90.3 Å². The predicted octanol–water partition coefficient (Wildman–Crippen LogP) is -0.677. The summed E-state index contributed by atoms with van der Waals surface area (Å²) in [5.41, 5.74) is 2.26. The van der Waals surface area contributed by atoms with E-state index in [4.69, 9.17) is 14.6 Å². The van der Waals surface area contributed by atoms with Gasteiger partial charge in [-0.2, -0.15) is 5.10 Å². The molecule has 0 aliphatic carbocycles. The van der Waals surface area contributed by atoms with Crippen LogP contribution >= 0.6 is 0 Å². The standard InChI is InChI=1S/C16H25N5O3.CH2O2/c1-20(2)7-5-17-15(22)14-12-3-6-21(9-13(12)18-19-14)16(23)11-4-8-24-10-11;2-1-3/h11H,3-10H2,1-2H3,(H,17,22)(H,18,19);1H,(H,2,3). The summed E-state index contributed by atoms with van der Waals surface area (Å²) in [7, 11) is 3.92. The summed E-state index contributed by atoms with van der Waals surface area (Å²) in [4.78, 5) is 37.0. The van der Waals surface area contributed by atoms with Gasteiger partial charge in [0.1, 0.15) is 0 Å². The van der Waals surface area contributed by atoms with Crippen molar-refractivity contribution in [3.8, 4) is 0 Å². The minimum absolute atomic E-state index is 0.0247. The molecule has 1 saturated heterocycles. The Morgan fingerprint density at radius 1 is 1.48 bits per heavy atom. The number of aromatic nitrogens is 2. The van der Waals surface area contributed by atoms with Crippen molar-refractivity contribution in [1.82, 2.24) is 25.3 Å². The molecule has 0 spiro atoms. The second-order valence-electron chi connectivity index (χ2n) is 6.76. The van der Waals surface area contributed by atoms with Gasteiger partial charge in [0.2, 0.25) is 5.91 Å². The first kappa shape index (κ1) is 20.8. The van der Waals surface area contributed by atoms with Gasteiger partial charge in [0, 0.05) is 31.8 Å². The SMILES string of the molecule is CN(C)CCNC(=O)c1n[nH]c2c1CCN(C(=O)C1CCOC1)C2.O=CO. The van der Waals surface area contributed by atoms with E-state index in [0.717, 1.165) is 24.2 Å². The van der Waals surface area contributed by atoms with Gasteiger partial charge in [-0.05, 0) is 26.9 Å². The van der Waals surface area contributed by atoms with Gasteiger partial charge in [0.25, 0.3) is 12.4 Å². The Kier molecular flexibility index (Phi) is 7.74. The van der Waals surface area contributed by atoms with E-state index in [1.54, 1.807) is 0 Å². The number of nitrogens with zero attached hydrogens (tertiary/aromatic N) is 3. The number of rotatable bonds is 5. The van der Waals surface area contributed by atoms with E-state index in [1.807, 2.05) is 23.9 Å². The lowest BCUT2D eigenvalue weighted by Crippen LogP contribution is -2.40. The van der Waals surface area contributed by atoms with Gasteiger partial charge in [-0.25, -0.2) is 0 Å². The van der Waals surface area contributed by atoms with Crippen LogP contribution in [0.25, 0.3) is 0 Å². The second-order valence-corrected chi connectivity index (χ2v) is 6.76. The van der Waals surface area contributed by atoms with Crippen LogP contribution < -0.4 is 5.32 Å². The van der Waals surface area contributed by atoms with Crippen LogP contribution in [0.2, 0.25) is 0 Å². The number of hydrogen-bond acceptors (Lipinski definition) is 6. The molecule has 150 valence electrons. The Hall–Kier alpha value is -2.46. The van der Waals surface area contributed by atoms with Crippen molar-refractivity contribution in [1.29, 1.82) is 0 Å². The zero-order valence-electron chi connectivity index (χ0n) is 15.7. The van der Waals surface area contributed by atoms with Crippen LogP contribution in [-0.2, 0) is 27.3 Å². The molecule has 3 N–H and O–H groups in total. The summed E-state index contributed by atoms with van der Waals surface area (Å²) in [5.74, 6) is -0.0358. The van der Waals surface area contributed by atoms with Gasteiger partial charge in [-0.15, -0.1) is 0 Å². The molecular formula is C17H27N5O5. The molecule has 27 heavy (non-hydrogen) atoms. The Morgan fingerprint density at radius 3 is 2.85 bits per heavy atom. The molecule has 1 unspecified atom stereocenters. The molecule has 1 fully saturated rings. The number of hydrogen-bond donors (Lipinski definition) is 3. The van der Waals surface area contributed by atoms with Crippen molar-refractivity contribution < 1.29 is 24.2 Å². The fourth-order valence-corrected chi connectivity index (χ4v) is 3.16. The maximum absolute atomic E-state index is 12.5. The second kappa shape index (κ2) is 10.0. The largest absolute Gasteiger partial charge is 0.483 e.